The van der Waals surface area contributed by atoms with Gasteiger partial charge in [0.25, 0.3) is 0 Å². The molecule has 128 valence electrons. The Hall–Kier alpha value is -2.16. The quantitative estimate of drug-likeness (QED) is 0.498. The summed E-state index contributed by atoms with van der Waals surface area (Å²) in [5.74, 6) is 1.42. The van der Waals surface area contributed by atoms with Crippen LogP contribution in [-0.2, 0) is 0 Å². The second kappa shape index (κ2) is 7.38. The van der Waals surface area contributed by atoms with Crippen LogP contribution >= 0.6 is 23.2 Å². The Labute approximate surface area is 158 Å². The van der Waals surface area contributed by atoms with E-state index in [1.165, 1.54) is 11.1 Å². The Morgan fingerprint density at radius 2 is 1.44 bits per heavy atom. The lowest BCUT2D eigenvalue weighted by Gasteiger charge is -2.19. The highest BCUT2D eigenvalue weighted by Crippen LogP contribution is 2.37. The zero-order valence-electron chi connectivity index (χ0n) is 14.4. The van der Waals surface area contributed by atoms with Crippen LogP contribution < -0.4 is 9.64 Å². The molecule has 0 amide bonds. The minimum Gasteiger partial charge on any atom is -0.455 e. The normalized spacial score (nSPS) is 10.6. The minimum absolute atomic E-state index is 0.474. The van der Waals surface area contributed by atoms with Gasteiger partial charge in [0.2, 0.25) is 0 Å². The molecule has 0 aliphatic carbocycles. The van der Waals surface area contributed by atoms with E-state index < -0.39 is 0 Å². The van der Waals surface area contributed by atoms with Crippen LogP contribution in [-0.4, -0.2) is 14.1 Å². The predicted molar refractivity (Wildman–Crippen MR) is 107 cm³/mol. The van der Waals surface area contributed by atoms with Gasteiger partial charge in [0, 0.05) is 20.2 Å². The van der Waals surface area contributed by atoms with E-state index in [2.05, 4.69) is 43.3 Å². The Balaban J connectivity index is 1.96. The van der Waals surface area contributed by atoms with Gasteiger partial charge in [0.15, 0.2) is 5.75 Å². The number of rotatable bonds is 4. The van der Waals surface area contributed by atoms with Crippen molar-refractivity contribution in [3.05, 3.63) is 76.3 Å². The molecule has 4 heteroatoms. The van der Waals surface area contributed by atoms with Crippen molar-refractivity contribution in [1.82, 2.24) is 0 Å². The lowest BCUT2D eigenvalue weighted by Crippen LogP contribution is -2.10. The highest BCUT2D eigenvalue weighted by molar-refractivity contribution is 6.42. The summed E-state index contributed by atoms with van der Waals surface area (Å²) in [6.45, 7) is 2.09. The molecule has 0 N–H and O–H groups in total. The number of benzene rings is 3. The van der Waals surface area contributed by atoms with E-state index in [0.717, 1.165) is 17.0 Å². The average Bonchev–Trinajstić information content (AvgIpc) is 2.59. The largest absolute Gasteiger partial charge is 0.455 e. The minimum atomic E-state index is 0.474. The number of nitrogens with zero attached hydrogens (tertiary/aromatic N) is 1. The standard InChI is InChI=1S/C21H19Cl2NO/c1-14-4-6-15(7-5-14)16-8-11-21(20(12-16)24(2)3)25-17-9-10-18(22)19(23)13-17/h4-13H,1-3H3. The molecule has 0 unspecified atom stereocenters. The van der Waals surface area contributed by atoms with Crippen LogP contribution in [0.2, 0.25) is 10.0 Å². The third-order valence-electron chi connectivity index (χ3n) is 3.94. The molecule has 3 aromatic rings. The molecule has 0 saturated heterocycles. The maximum Gasteiger partial charge on any atom is 0.150 e. The van der Waals surface area contributed by atoms with Gasteiger partial charge >= 0.3 is 0 Å². The van der Waals surface area contributed by atoms with Crippen molar-refractivity contribution in [1.29, 1.82) is 0 Å². The highest BCUT2D eigenvalue weighted by Gasteiger charge is 2.11. The molecule has 0 saturated carbocycles. The third kappa shape index (κ3) is 4.09. The Morgan fingerprint density at radius 1 is 0.760 bits per heavy atom. The summed E-state index contributed by atoms with van der Waals surface area (Å²) >= 11 is 12.0. The topological polar surface area (TPSA) is 12.5 Å². The second-order valence-electron chi connectivity index (χ2n) is 6.12. The van der Waals surface area contributed by atoms with Crippen LogP contribution in [0.4, 0.5) is 5.69 Å². The summed E-state index contributed by atoms with van der Waals surface area (Å²) in [6, 6.07) is 19.9. The molecule has 0 aliphatic rings. The van der Waals surface area contributed by atoms with Gasteiger partial charge in [-0.15, -0.1) is 0 Å². The molecule has 0 spiro atoms. The lowest BCUT2D eigenvalue weighted by molar-refractivity contribution is 0.483. The van der Waals surface area contributed by atoms with E-state index in [9.17, 15) is 0 Å². The summed E-state index contributed by atoms with van der Waals surface area (Å²) in [5.41, 5.74) is 4.56. The van der Waals surface area contributed by atoms with Gasteiger partial charge in [-0.3, -0.25) is 0 Å². The van der Waals surface area contributed by atoms with Gasteiger partial charge in [-0.2, -0.15) is 0 Å². The van der Waals surface area contributed by atoms with Crippen molar-refractivity contribution in [2.24, 2.45) is 0 Å². The molecule has 0 heterocycles. The molecule has 0 atom stereocenters. The monoisotopic (exact) mass is 371 g/mol. The van der Waals surface area contributed by atoms with Crippen LogP contribution in [0.5, 0.6) is 11.5 Å². The predicted octanol–water partition coefficient (Wildman–Crippen LogP) is 6.83. The molecular weight excluding hydrogens is 353 g/mol. The van der Waals surface area contributed by atoms with E-state index in [1.54, 1.807) is 12.1 Å². The zero-order chi connectivity index (χ0) is 18.0. The molecular formula is C21H19Cl2NO. The maximum absolute atomic E-state index is 6.08. The third-order valence-corrected chi connectivity index (χ3v) is 4.68. The number of hydrogen-bond donors (Lipinski definition) is 0. The fourth-order valence-corrected chi connectivity index (χ4v) is 2.83. The fraction of sp³-hybridized carbons (Fsp3) is 0.143. The average molecular weight is 372 g/mol. The molecule has 0 aliphatic heterocycles. The fourth-order valence-electron chi connectivity index (χ4n) is 2.55. The first-order valence-corrected chi connectivity index (χ1v) is 8.71. The Kier molecular flexibility index (Phi) is 5.22. The number of halogens is 2. The highest BCUT2D eigenvalue weighted by atomic mass is 35.5. The number of ether oxygens (including phenoxy) is 1. The van der Waals surface area contributed by atoms with Gasteiger partial charge in [0.05, 0.1) is 15.7 Å². The van der Waals surface area contributed by atoms with Crippen LogP contribution in [0.15, 0.2) is 60.7 Å². The molecule has 0 aromatic heterocycles. The molecule has 2 nitrogen and oxygen atoms in total. The molecule has 0 bridgehead atoms. The van der Waals surface area contributed by atoms with E-state index in [4.69, 9.17) is 27.9 Å². The summed E-state index contributed by atoms with van der Waals surface area (Å²) in [5, 5.41) is 0.985. The van der Waals surface area contributed by atoms with Crippen molar-refractivity contribution < 1.29 is 4.74 Å². The summed E-state index contributed by atoms with van der Waals surface area (Å²) < 4.78 is 6.03. The first-order chi connectivity index (χ1) is 11.9. The van der Waals surface area contributed by atoms with Crippen LogP contribution in [0, 0.1) is 6.92 Å². The van der Waals surface area contributed by atoms with Crippen molar-refractivity contribution in [3.63, 3.8) is 0 Å². The number of aryl methyl sites for hydroxylation is 1. The zero-order valence-corrected chi connectivity index (χ0v) is 15.9. The summed E-state index contributed by atoms with van der Waals surface area (Å²) in [7, 11) is 3.99. The van der Waals surface area contributed by atoms with E-state index in [1.807, 2.05) is 31.1 Å². The second-order valence-corrected chi connectivity index (χ2v) is 6.94. The van der Waals surface area contributed by atoms with Crippen molar-refractivity contribution >= 4 is 28.9 Å². The molecule has 25 heavy (non-hydrogen) atoms. The van der Waals surface area contributed by atoms with E-state index in [-0.39, 0.29) is 0 Å². The molecule has 3 aromatic carbocycles. The van der Waals surface area contributed by atoms with Crippen LogP contribution in [0.1, 0.15) is 5.56 Å². The first-order valence-electron chi connectivity index (χ1n) is 7.95. The van der Waals surface area contributed by atoms with Crippen molar-refractivity contribution in [2.45, 2.75) is 6.92 Å². The summed E-state index contributed by atoms with van der Waals surface area (Å²) in [4.78, 5) is 2.03. The van der Waals surface area contributed by atoms with Gasteiger partial charge in [0.1, 0.15) is 5.75 Å². The van der Waals surface area contributed by atoms with E-state index in [0.29, 0.717) is 15.8 Å². The van der Waals surface area contributed by atoms with Gasteiger partial charge in [-0.25, -0.2) is 0 Å². The number of hydrogen-bond acceptors (Lipinski definition) is 2. The Morgan fingerprint density at radius 3 is 2.08 bits per heavy atom. The van der Waals surface area contributed by atoms with E-state index >= 15 is 0 Å². The van der Waals surface area contributed by atoms with Gasteiger partial charge in [-0.05, 0) is 42.3 Å². The van der Waals surface area contributed by atoms with Crippen molar-refractivity contribution in [2.75, 3.05) is 19.0 Å². The number of anilines is 1. The van der Waals surface area contributed by atoms with Crippen LogP contribution in [0.25, 0.3) is 11.1 Å². The lowest BCUT2D eigenvalue weighted by atomic mass is 10.0. The smallest absolute Gasteiger partial charge is 0.150 e. The van der Waals surface area contributed by atoms with Crippen LogP contribution in [0.3, 0.4) is 0 Å². The van der Waals surface area contributed by atoms with Gasteiger partial charge < -0.3 is 9.64 Å². The Bertz CT molecular complexity index is 889. The maximum atomic E-state index is 6.08. The van der Waals surface area contributed by atoms with Gasteiger partial charge in [-0.1, -0.05) is 59.1 Å². The molecule has 0 radical (unpaired) electrons. The summed E-state index contributed by atoms with van der Waals surface area (Å²) in [6.07, 6.45) is 0. The van der Waals surface area contributed by atoms with Crippen molar-refractivity contribution in [3.8, 4) is 22.6 Å². The SMILES string of the molecule is Cc1ccc(-c2ccc(Oc3ccc(Cl)c(Cl)c3)c(N(C)C)c2)cc1. The molecule has 3 rings (SSSR count). The first kappa shape index (κ1) is 17.7. The molecule has 0 fully saturated rings.